The van der Waals surface area contributed by atoms with Gasteiger partial charge in [0.25, 0.3) is 0 Å². The van der Waals surface area contributed by atoms with Crippen molar-refractivity contribution in [3.63, 3.8) is 0 Å². The van der Waals surface area contributed by atoms with Gasteiger partial charge in [-0.2, -0.15) is 5.10 Å². The van der Waals surface area contributed by atoms with Crippen molar-refractivity contribution in [2.24, 2.45) is 0 Å². The van der Waals surface area contributed by atoms with E-state index in [2.05, 4.69) is 28.6 Å². The van der Waals surface area contributed by atoms with Crippen LogP contribution in [0.25, 0.3) is 0 Å². The number of aromatic nitrogens is 3. The maximum Gasteiger partial charge on any atom is 0.222 e. The molecular formula is C19H30N6O2. The number of rotatable bonds is 6. The Labute approximate surface area is 160 Å². The molecule has 1 atom stereocenters. The van der Waals surface area contributed by atoms with Crippen LogP contribution >= 0.6 is 0 Å². The minimum Gasteiger partial charge on any atom is -0.340 e. The molecule has 2 aliphatic rings. The molecule has 0 saturated carbocycles. The Morgan fingerprint density at radius 3 is 2.93 bits per heavy atom. The molecule has 8 nitrogen and oxygen atoms in total. The Morgan fingerprint density at radius 2 is 2.19 bits per heavy atom. The van der Waals surface area contributed by atoms with Crippen molar-refractivity contribution in [2.75, 3.05) is 39.8 Å². The third-order valence-corrected chi connectivity index (χ3v) is 5.95. The van der Waals surface area contributed by atoms with Crippen molar-refractivity contribution >= 4 is 11.8 Å². The van der Waals surface area contributed by atoms with Gasteiger partial charge in [0.1, 0.15) is 12.7 Å². The van der Waals surface area contributed by atoms with Crippen LogP contribution in [0.15, 0.2) is 25.3 Å². The molecule has 2 saturated heterocycles. The van der Waals surface area contributed by atoms with Gasteiger partial charge in [-0.25, -0.2) is 4.98 Å². The summed E-state index contributed by atoms with van der Waals surface area (Å²) in [7, 11) is 2.13. The van der Waals surface area contributed by atoms with Crippen LogP contribution in [0.4, 0.5) is 0 Å². The summed E-state index contributed by atoms with van der Waals surface area (Å²) >= 11 is 0. The zero-order valence-electron chi connectivity index (χ0n) is 16.2. The predicted molar refractivity (Wildman–Crippen MR) is 102 cm³/mol. The normalized spacial score (nSPS) is 24.3. The number of hydrogen-bond acceptors (Lipinski definition) is 5. The molecule has 1 aromatic rings. The van der Waals surface area contributed by atoms with Gasteiger partial charge >= 0.3 is 0 Å². The highest BCUT2D eigenvalue weighted by molar-refractivity contribution is 5.77. The number of piperazine rings is 1. The molecule has 0 N–H and O–H groups in total. The molecule has 0 bridgehead atoms. The lowest BCUT2D eigenvalue weighted by Crippen LogP contribution is -2.62. The first-order chi connectivity index (χ1) is 13.0. The highest BCUT2D eigenvalue weighted by Crippen LogP contribution is 2.32. The summed E-state index contributed by atoms with van der Waals surface area (Å²) in [6, 6.07) is 0. The molecule has 3 heterocycles. The zero-order valence-corrected chi connectivity index (χ0v) is 16.2. The molecule has 1 unspecified atom stereocenters. The van der Waals surface area contributed by atoms with Crippen molar-refractivity contribution in [1.29, 1.82) is 0 Å². The molecule has 3 rings (SSSR count). The SMILES string of the molecule is C=CCN1CCC2(CCC1=O)CN(C(=O)CCCn1cncn1)CCN2C. The summed E-state index contributed by atoms with van der Waals surface area (Å²) in [6.07, 6.45) is 8.47. The molecule has 1 spiro atoms. The number of amides is 2. The lowest BCUT2D eigenvalue weighted by Gasteiger charge is -2.49. The van der Waals surface area contributed by atoms with Gasteiger partial charge in [0, 0.05) is 57.6 Å². The van der Waals surface area contributed by atoms with Gasteiger partial charge in [0.05, 0.1) is 0 Å². The first-order valence-corrected chi connectivity index (χ1v) is 9.74. The first-order valence-electron chi connectivity index (χ1n) is 9.74. The van der Waals surface area contributed by atoms with E-state index < -0.39 is 0 Å². The largest absolute Gasteiger partial charge is 0.340 e. The quantitative estimate of drug-likeness (QED) is 0.688. The molecule has 2 aliphatic heterocycles. The average Bonchev–Trinajstić information content (AvgIpc) is 3.13. The zero-order chi connectivity index (χ0) is 19.3. The molecular weight excluding hydrogens is 344 g/mol. The van der Waals surface area contributed by atoms with Crippen LogP contribution in [0.3, 0.4) is 0 Å². The van der Waals surface area contributed by atoms with E-state index in [1.54, 1.807) is 17.1 Å². The summed E-state index contributed by atoms with van der Waals surface area (Å²) in [5.74, 6) is 0.387. The van der Waals surface area contributed by atoms with Gasteiger partial charge in [0.15, 0.2) is 0 Å². The molecule has 8 heteroatoms. The van der Waals surface area contributed by atoms with Crippen LogP contribution in [0.5, 0.6) is 0 Å². The molecule has 2 amide bonds. The topological polar surface area (TPSA) is 74.6 Å². The number of likely N-dealkylation sites (tertiary alicyclic amines) is 1. The van der Waals surface area contributed by atoms with E-state index in [9.17, 15) is 9.59 Å². The fourth-order valence-corrected chi connectivity index (χ4v) is 4.15. The molecule has 0 aromatic carbocycles. The first kappa shape index (κ1) is 19.5. The maximum absolute atomic E-state index is 12.7. The van der Waals surface area contributed by atoms with Crippen LogP contribution in [0, 0.1) is 0 Å². The van der Waals surface area contributed by atoms with Crippen molar-refractivity contribution in [3.8, 4) is 0 Å². The summed E-state index contributed by atoms with van der Waals surface area (Å²) in [5.41, 5.74) is -0.106. The van der Waals surface area contributed by atoms with Crippen molar-refractivity contribution in [1.82, 2.24) is 29.5 Å². The Bertz CT molecular complexity index is 661. The van der Waals surface area contributed by atoms with E-state index in [0.29, 0.717) is 32.5 Å². The molecule has 0 radical (unpaired) electrons. The Kier molecular flexibility index (Phi) is 6.26. The van der Waals surface area contributed by atoms with Crippen LogP contribution in [-0.4, -0.2) is 86.6 Å². The van der Waals surface area contributed by atoms with Gasteiger partial charge in [-0.15, -0.1) is 6.58 Å². The van der Waals surface area contributed by atoms with Gasteiger partial charge < -0.3 is 9.80 Å². The number of nitrogens with zero attached hydrogens (tertiary/aromatic N) is 6. The van der Waals surface area contributed by atoms with Crippen LogP contribution in [-0.2, 0) is 16.1 Å². The Balaban J connectivity index is 1.58. The van der Waals surface area contributed by atoms with Crippen molar-refractivity contribution < 1.29 is 9.59 Å². The monoisotopic (exact) mass is 374 g/mol. The van der Waals surface area contributed by atoms with Crippen molar-refractivity contribution in [3.05, 3.63) is 25.3 Å². The molecule has 0 aliphatic carbocycles. The van der Waals surface area contributed by atoms with Gasteiger partial charge in [-0.1, -0.05) is 6.08 Å². The molecule has 1 aromatic heterocycles. The fraction of sp³-hybridized carbons (Fsp3) is 0.684. The minimum absolute atomic E-state index is 0.106. The number of aryl methyl sites for hydroxylation is 1. The van der Waals surface area contributed by atoms with Crippen molar-refractivity contribution in [2.45, 2.75) is 44.2 Å². The van der Waals surface area contributed by atoms with E-state index in [4.69, 9.17) is 0 Å². The number of carbonyl (C=O) groups is 2. The second kappa shape index (κ2) is 8.65. The van der Waals surface area contributed by atoms with Gasteiger partial charge in [-0.3, -0.25) is 19.2 Å². The minimum atomic E-state index is -0.106. The molecule has 148 valence electrons. The van der Waals surface area contributed by atoms with E-state index in [1.807, 2.05) is 9.80 Å². The highest BCUT2D eigenvalue weighted by Gasteiger charge is 2.43. The fourth-order valence-electron chi connectivity index (χ4n) is 4.15. The molecule has 2 fully saturated rings. The number of carbonyl (C=O) groups excluding carboxylic acids is 2. The predicted octanol–water partition coefficient (Wildman–Crippen LogP) is 0.770. The Morgan fingerprint density at radius 1 is 1.33 bits per heavy atom. The summed E-state index contributed by atoms with van der Waals surface area (Å²) in [4.78, 5) is 35.3. The van der Waals surface area contributed by atoms with E-state index in [-0.39, 0.29) is 17.4 Å². The van der Waals surface area contributed by atoms with E-state index >= 15 is 0 Å². The summed E-state index contributed by atoms with van der Waals surface area (Å²) < 4.78 is 1.75. The van der Waals surface area contributed by atoms with Crippen LogP contribution in [0.2, 0.25) is 0 Å². The van der Waals surface area contributed by atoms with Crippen LogP contribution in [0.1, 0.15) is 32.1 Å². The highest BCUT2D eigenvalue weighted by atomic mass is 16.2. The summed E-state index contributed by atoms with van der Waals surface area (Å²) in [5, 5.41) is 4.07. The van der Waals surface area contributed by atoms with Gasteiger partial charge in [-0.05, 0) is 26.3 Å². The van der Waals surface area contributed by atoms with Crippen LogP contribution < -0.4 is 0 Å². The van der Waals surface area contributed by atoms with E-state index in [0.717, 1.165) is 38.9 Å². The second-order valence-corrected chi connectivity index (χ2v) is 7.60. The summed E-state index contributed by atoms with van der Waals surface area (Å²) in [6.45, 7) is 8.10. The third-order valence-electron chi connectivity index (χ3n) is 5.95. The molecule has 27 heavy (non-hydrogen) atoms. The third kappa shape index (κ3) is 4.55. The average molecular weight is 374 g/mol. The Hall–Kier alpha value is -2.22. The second-order valence-electron chi connectivity index (χ2n) is 7.60. The maximum atomic E-state index is 12.7. The lowest BCUT2D eigenvalue weighted by atomic mass is 9.86. The lowest BCUT2D eigenvalue weighted by molar-refractivity contribution is -0.137. The standard InChI is InChI=1S/C19H30N6O2/c1-3-9-23-11-8-19(7-6-18(23)27)14-24(13-12-22(19)2)17(26)5-4-10-25-16-20-15-21-25/h3,15-16H,1,4-14H2,2H3. The number of hydrogen-bond donors (Lipinski definition) is 0. The number of likely N-dealkylation sites (N-methyl/N-ethyl adjacent to an activating group) is 1. The smallest absolute Gasteiger partial charge is 0.222 e. The van der Waals surface area contributed by atoms with Gasteiger partial charge in [0.2, 0.25) is 11.8 Å². The van der Waals surface area contributed by atoms with E-state index in [1.165, 1.54) is 6.33 Å².